The third-order valence-corrected chi connectivity index (χ3v) is 3.73. The molecule has 114 valence electrons. The van der Waals surface area contributed by atoms with Gasteiger partial charge in [-0.1, -0.05) is 12.1 Å². The number of hydrogen-bond acceptors (Lipinski definition) is 3. The molecule has 0 saturated heterocycles. The Morgan fingerprint density at radius 2 is 2.14 bits per heavy atom. The summed E-state index contributed by atoms with van der Waals surface area (Å²) in [5.74, 6) is 0.467. The van der Waals surface area contributed by atoms with Crippen LogP contribution in [0.1, 0.15) is 29.3 Å². The summed E-state index contributed by atoms with van der Waals surface area (Å²) >= 11 is 0. The van der Waals surface area contributed by atoms with E-state index in [1.54, 1.807) is 6.07 Å². The number of rotatable bonds is 4. The van der Waals surface area contributed by atoms with Gasteiger partial charge >= 0.3 is 0 Å². The van der Waals surface area contributed by atoms with E-state index in [0.29, 0.717) is 17.9 Å². The van der Waals surface area contributed by atoms with E-state index in [2.05, 4.69) is 10.6 Å². The lowest BCUT2D eigenvalue weighted by Crippen LogP contribution is -2.15. The van der Waals surface area contributed by atoms with E-state index in [1.165, 1.54) is 11.3 Å². The van der Waals surface area contributed by atoms with Crippen LogP contribution in [-0.4, -0.2) is 19.1 Å². The van der Waals surface area contributed by atoms with Crippen LogP contribution in [0.25, 0.3) is 0 Å². The highest BCUT2D eigenvalue weighted by Gasteiger charge is 2.14. The zero-order valence-electron chi connectivity index (χ0n) is 12.7. The van der Waals surface area contributed by atoms with Gasteiger partial charge in [0, 0.05) is 17.9 Å². The van der Waals surface area contributed by atoms with E-state index in [0.717, 1.165) is 25.1 Å². The van der Waals surface area contributed by atoms with Gasteiger partial charge in [0.1, 0.15) is 5.75 Å². The maximum Gasteiger partial charge on any atom is 0.259 e. The van der Waals surface area contributed by atoms with Gasteiger partial charge < -0.3 is 15.4 Å². The molecule has 0 bridgehead atoms. The summed E-state index contributed by atoms with van der Waals surface area (Å²) in [5.41, 5.74) is 3.79. The monoisotopic (exact) mass is 296 g/mol. The Hall–Kier alpha value is -2.49. The number of carbonyl (C=O) groups is 1. The van der Waals surface area contributed by atoms with Crippen LogP contribution in [0.3, 0.4) is 0 Å². The Kier molecular flexibility index (Phi) is 4.28. The zero-order valence-corrected chi connectivity index (χ0v) is 12.7. The van der Waals surface area contributed by atoms with Crippen molar-refractivity contribution in [3.63, 3.8) is 0 Å². The van der Waals surface area contributed by atoms with Crippen molar-refractivity contribution in [3.05, 3.63) is 53.6 Å². The molecule has 3 rings (SSSR count). The van der Waals surface area contributed by atoms with Crippen LogP contribution in [0, 0.1) is 0 Å². The van der Waals surface area contributed by atoms with Crippen molar-refractivity contribution in [3.8, 4) is 5.75 Å². The number of carbonyl (C=O) groups excluding carboxylic acids is 1. The fourth-order valence-corrected chi connectivity index (χ4v) is 2.69. The van der Waals surface area contributed by atoms with Gasteiger partial charge in [0.2, 0.25) is 0 Å². The van der Waals surface area contributed by atoms with Crippen molar-refractivity contribution in [1.29, 1.82) is 0 Å². The topological polar surface area (TPSA) is 50.4 Å². The zero-order chi connectivity index (χ0) is 15.4. The van der Waals surface area contributed by atoms with Gasteiger partial charge in [0.25, 0.3) is 5.91 Å². The molecule has 0 unspecified atom stereocenters. The number of para-hydroxylation sites is 1. The van der Waals surface area contributed by atoms with Crippen molar-refractivity contribution in [2.75, 3.05) is 23.8 Å². The summed E-state index contributed by atoms with van der Waals surface area (Å²) in [6.45, 7) is 3.46. The lowest BCUT2D eigenvalue weighted by molar-refractivity contribution is 0.102. The van der Waals surface area contributed by atoms with Crippen molar-refractivity contribution in [1.82, 2.24) is 0 Å². The molecule has 1 aliphatic heterocycles. The second kappa shape index (κ2) is 6.52. The highest BCUT2D eigenvalue weighted by Crippen LogP contribution is 2.26. The summed E-state index contributed by atoms with van der Waals surface area (Å²) in [6.07, 6.45) is 2.17. The molecule has 2 N–H and O–H groups in total. The number of anilines is 2. The molecule has 0 fully saturated rings. The molecule has 4 heteroatoms. The molecular formula is C18H20N2O2. The number of hydrogen-bond donors (Lipinski definition) is 2. The summed E-state index contributed by atoms with van der Waals surface area (Å²) in [4.78, 5) is 12.5. The maximum atomic E-state index is 12.5. The molecule has 2 aromatic carbocycles. The van der Waals surface area contributed by atoms with Crippen molar-refractivity contribution >= 4 is 17.3 Å². The minimum Gasteiger partial charge on any atom is -0.493 e. The molecule has 0 spiro atoms. The van der Waals surface area contributed by atoms with Crippen LogP contribution in [-0.2, 0) is 6.42 Å². The van der Waals surface area contributed by atoms with Gasteiger partial charge in [-0.25, -0.2) is 0 Å². The Bertz CT molecular complexity index is 683. The lowest BCUT2D eigenvalue weighted by atomic mass is 10.0. The number of aryl methyl sites for hydroxylation is 1. The third kappa shape index (κ3) is 3.06. The summed E-state index contributed by atoms with van der Waals surface area (Å²) < 4.78 is 5.52. The first-order valence-electron chi connectivity index (χ1n) is 7.68. The number of amides is 1. The smallest absolute Gasteiger partial charge is 0.259 e. The van der Waals surface area contributed by atoms with Crippen LogP contribution < -0.4 is 15.4 Å². The average Bonchev–Trinajstić information content (AvgIpc) is 2.55. The van der Waals surface area contributed by atoms with Gasteiger partial charge in [-0.15, -0.1) is 0 Å². The number of fused-ring (bicyclic) bond motifs is 1. The summed E-state index contributed by atoms with van der Waals surface area (Å²) in [6, 6.07) is 13.3. The lowest BCUT2D eigenvalue weighted by Gasteiger charge is -2.19. The molecule has 2 aromatic rings. The van der Waals surface area contributed by atoms with Crippen LogP contribution in [0.5, 0.6) is 5.75 Å². The van der Waals surface area contributed by atoms with Gasteiger partial charge in [-0.3, -0.25) is 4.79 Å². The third-order valence-electron chi connectivity index (χ3n) is 3.73. The molecule has 0 atom stereocenters. The number of benzene rings is 2. The first kappa shape index (κ1) is 14.4. The van der Waals surface area contributed by atoms with Crippen molar-refractivity contribution in [2.24, 2.45) is 0 Å². The quantitative estimate of drug-likeness (QED) is 0.904. The maximum absolute atomic E-state index is 12.5. The Morgan fingerprint density at radius 3 is 3.00 bits per heavy atom. The average molecular weight is 296 g/mol. The normalized spacial score (nSPS) is 13.0. The van der Waals surface area contributed by atoms with E-state index in [1.807, 2.05) is 43.3 Å². The molecule has 0 aromatic heterocycles. The summed E-state index contributed by atoms with van der Waals surface area (Å²) in [7, 11) is 0. The van der Waals surface area contributed by atoms with Crippen LogP contribution in [0.15, 0.2) is 42.5 Å². The highest BCUT2D eigenvalue weighted by molar-refractivity contribution is 6.06. The SMILES string of the molecule is CCOc1ccccc1C(=O)Nc1ccc2c(c1)CCCN2. The molecule has 0 saturated carbocycles. The molecule has 1 heterocycles. The first-order chi connectivity index (χ1) is 10.8. The largest absolute Gasteiger partial charge is 0.493 e. The molecule has 4 nitrogen and oxygen atoms in total. The second-order valence-electron chi connectivity index (χ2n) is 5.29. The molecule has 1 aliphatic rings. The Balaban J connectivity index is 1.80. The molecule has 1 amide bonds. The molecular weight excluding hydrogens is 276 g/mol. The molecule has 0 aliphatic carbocycles. The highest BCUT2D eigenvalue weighted by atomic mass is 16.5. The summed E-state index contributed by atoms with van der Waals surface area (Å²) in [5, 5.41) is 6.33. The van der Waals surface area contributed by atoms with E-state index in [9.17, 15) is 4.79 Å². The van der Waals surface area contributed by atoms with Crippen molar-refractivity contribution in [2.45, 2.75) is 19.8 Å². The minimum absolute atomic E-state index is 0.146. The van der Waals surface area contributed by atoms with Crippen LogP contribution >= 0.6 is 0 Å². The predicted octanol–water partition coefficient (Wildman–Crippen LogP) is 3.70. The Morgan fingerprint density at radius 1 is 1.27 bits per heavy atom. The molecule has 22 heavy (non-hydrogen) atoms. The number of ether oxygens (including phenoxy) is 1. The predicted molar refractivity (Wildman–Crippen MR) is 88.8 cm³/mol. The minimum atomic E-state index is -0.146. The van der Waals surface area contributed by atoms with E-state index >= 15 is 0 Å². The molecule has 0 radical (unpaired) electrons. The van der Waals surface area contributed by atoms with Crippen LogP contribution in [0.2, 0.25) is 0 Å². The van der Waals surface area contributed by atoms with E-state index in [-0.39, 0.29) is 5.91 Å². The van der Waals surface area contributed by atoms with Gasteiger partial charge in [0.15, 0.2) is 0 Å². The standard InChI is InChI=1S/C18H20N2O2/c1-2-22-17-8-4-3-7-15(17)18(21)20-14-9-10-16-13(12-14)6-5-11-19-16/h3-4,7-10,12,19H,2,5-6,11H2,1H3,(H,20,21). The number of nitrogens with one attached hydrogen (secondary N) is 2. The van der Waals surface area contributed by atoms with E-state index in [4.69, 9.17) is 4.74 Å². The van der Waals surface area contributed by atoms with E-state index < -0.39 is 0 Å². The van der Waals surface area contributed by atoms with Crippen molar-refractivity contribution < 1.29 is 9.53 Å². The second-order valence-corrected chi connectivity index (χ2v) is 5.29. The van der Waals surface area contributed by atoms with Gasteiger partial charge in [0.05, 0.1) is 12.2 Å². The Labute approximate surface area is 130 Å². The van der Waals surface area contributed by atoms with Gasteiger partial charge in [-0.05, 0) is 55.7 Å². The van der Waals surface area contributed by atoms with Gasteiger partial charge in [-0.2, -0.15) is 0 Å². The fourth-order valence-electron chi connectivity index (χ4n) is 2.69. The van der Waals surface area contributed by atoms with Crippen LogP contribution in [0.4, 0.5) is 11.4 Å². The fraction of sp³-hybridized carbons (Fsp3) is 0.278. The first-order valence-corrected chi connectivity index (χ1v) is 7.68.